The van der Waals surface area contributed by atoms with Crippen LogP contribution in [0.2, 0.25) is 10.6 Å². The van der Waals surface area contributed by atoms with Crippen molar-refractivity contribution in [2.75, 3.05) is 13.1 Å². The topological polar surface area (TPSA) is 3.24 Å². The quantitative estimate of drug-likeness (QED) is 0.756. The molecule has 2 unspecified atom stereocenters. The maximum absolute atomic E-state index is 2.69. The molecule has 0 N–H and O–H groups in total. The van der Waals surface area contributed by atoms with Crippen LogP contribution < -0.4 is 0 Å². The Hall–Kier alpha value is 0.179. The van der Waals surface area contributed by atoms with Crippen LogP contribution in [0.1, 0.15) is 11.3 Å². The molecule has 1 nitrogen and oxygen atoms in total. The molecule has 0 amide bonds. The van der Waals surface area contributed by atoms with Crippen LogP contribution in [0.15, 0.2) is 17.5 Å². The van der Waals surface area contributed by atoms with Gasteiger partial charge in [-0.05, 0) is 0 Å². The van der Waals surface area contributed by atoms with Crippen LogP contribution in [0, 0.1) is 11.8 Å². The standard InChI is InChI=1S/C12H17NSSe/c1-2-12(14-3-1)7-13-5-10-4-11(6-13)9-15-8-10/h1-3,10-11H,4-9H2. The summed E-state index contributed by atoms with van der Waals surface area (Å²) in [6.07, 6.45) is 1.53. The summed E-state index contributed by atoms with van der Waals surface area (Å²) in [5.41, 5.74) is 0. The molecule has 0 aromatic carbocycles. The van der Waals surface area contributed by atoms with Crippen molar-refractivity contribution in [2.24, 2.45) is 11.8 Å². The third kappa shape index (κ3) is 2.47. The van der Waals surface area contributed by atoms with Gasteiger partial charge in [-0.1, -0.05) is 0 Å². The SMILES string of the molecule is c1csc(CN2CC3C[Se]CC(C3)C2)c1. The predicted octanol–water partition coefficient (Wildman–Crippen LogP) is 2.74. The second-order valence-corrected chi connectivity index (χ2v) is 8.07. The molecule has 3 heteroatoms. The molecule has 0 spiro atoms. The third-order valence-corrected chi connectivity index (χ3v) is 7.19. The van der Waals surface area contributed by atoms with Crippen molar-refractivity contribution in [2.45, 2.75) is 23.6 Å². The van der Waals surface area contributed by atoms with E-state index in [-0.39, 0.29) is 0 Å². The van der Waals surface area contributed by atoms with Gasteiger partial charge in [-0.2, -0.15) is 0 Å². The molecular weight excluding hydrogens is 269 g/mol. The van der Waals surface area contributed by atoms with Gasteiger partial charge in [0.2, 0.25) is 0 Å². The fourth-order valence-corrected chi connectivity index (χ4v) is 6.26. The zero-order valence-electron chi connectivity index (χ0n) is 8.89. The van der Waals surface area contributed by atoms with Gasteiger partial charge in [0.25, 0.3) is 0 Å². The normalized spacial score (nSPS) is 31.7. The molecule has 2 saturated heterocycles. The van der Waals surface area contributed by atoms with Crippen molar-refractivity contribution in [1.82, 2.24) is 4.90 Å². The van der Waals surface area contributed by atoms with E-state index in [1.807, 2.05) is 11.3 Å². The van der Waals surface area contributed by atoms with Gasteiger partial charge in [-0.3, -0.25) is 0 Å². The number of hydrogen-bond acceptors (Lipinski definition) is 2. The molecule has 2 aliphatic rings. The maximum atomic E-state index is 2.69. The van der Waals surface area contributed by atoms with Crippen LogP contribution in [-0.4, -0.2) is 32.9 Å². The Bertz CT molecular complexity index is 299. The second kappa shape index (κ2) is 4.58. The fraction of sp³-hybridized carbons (Fsp3) is 0.667. The molecule has 2 atom stereocenters. The molecule has 0 radical (unpaired) electrons. The Morgan fingerprint density at radius 3 is 2.80 bits per heavy atom. The minimum atomic E-state index is 0.975. The summed E-state index contributed by atoms with van der Waals surface area (Å²) in [6.45, 7) is 3.95. The van der Waals surface area contributed by atoms with E-state index in [0.717, 1.165) is 26.8 Å². The first-order chi connectivity index (χ1) is 7.40. The average molecular weight is 286 g/mol. The number of fused-ring (bicyclic) bond motifs is 2. The summed E-state index contributed by atoms with van der Waals surface area (Å²) < 4.78 is 0. The van der Waals surface area contributed by atoms with Crippen LogP contribution in [0.5, 0.6) is 0 Å². The summed E-state index contributed by atoms with van der Waals surface area (Å²) >= 11 is 2.88. The van der Waals surface area contributed by atoms with E-state index >= 15 is 0 Å². The van der Waals surface area contributed by atoms with E-state index in [1.54, 1.807) is 15.5 Å². The van der Waals surface area contributed by atoms with Gasteiger partial charge in [0.1, 0.15) is 0 Å². The van der Waals surface area contributed by atoms with E-state index in [9.17, 15) is 0 Å². The first kappa shape index (κ1) is 10.3. The van der Waals surface area contributed by atoms with Crippen LogP contribution in [0.3, 0.4) is 0 Å². The zero-order valence-corrected chi connectivity index (χ0v) is 11.4. The number of nitrogens with zero attached hydrogens (tertiary/aromatic N) is 1. The van der Waals surface area contributed by atoms with Crippen molar-refractivity contribution in [3.8, 4) is 0 Å². The van der Waals surface area contributed by atoms with Gasteiger partial charge in [0, 0.05) is 0 Å². The molecule has 1 aromatic heterocycles. The average Bonchev–Trinajstić information content (AvgIpc) is 2.70. The van der Waals surface area contributed by atoms with Gasteiger partial charge in [0.15, 0.2) is 0 Å². The number of hydrogen-bond donors (Lipinski definition) is 0. The molecule has 15 heavy (non-hydrogen) atoms. The summed E-state index contributed by atoms with van der Waals surface area (Å²) in [7, 11) is 0. The summed E-state index contributed by atoms with van der Waals surface area (Å²) in [5, 5.41) is 5.29. The van der Waals surface area contributed by atoms with Crippen LogP contribution in [0.25, 0.3) is 0 Å². The predicted molar refractivity (Wildman–Crippen MR) is 66.6 cm³/mol. The summed E-state index contributed by atoms with van der Waals surface area (Å²) in [6, 6.07) is 4.45. The van der Waals surface area contributed by atoms with Gasteiger partial charge < -0.3 is 0 Å². The monoisotopic (exact) mass is 287 g/mol. The Labute approximate surface area is 102 Å². The Balaban J connectivity index is 1.63. The van der Waals surface area contributed by atoms with Gasteiger partial charge in [-0.25, -0.2) is 0 Å². The first-order valence-corrected chi connectivity index (χ1v) is 9.03. The van der Waals surface area contributed by atoms with E-state index in [2.05, 4.69) is 22.4 Å². The van der Waals surface area contributed by atoms with Crippen molar-refractivity contribution < 1.29 is 0 Å². The zero-order chi connectivity index (χ0) is 10.1. The molecule has 0 saturated carbocycles. The number of likely N-dealkylation sites (tertiary alicyclic amines) is 1. The van der Waals surface area contributed by atoms with Crippen LogP contribution >= 0.6 is 11.3 Å². The van der Waals surface area contributed by atoms with Crippen molar-refractivity contribution in [3.63, 3.8) is 0 Å². The second-order valence-electron chi connectivity index (χ2n) is 4.78. The van der Waals surface area contributed by atoms with Crippen molar-refractivity contribution >= 4 is 26.3 Å². The summed E-state index contributed by atoms with van der Waals surface area (Å²) in [5.74, 6) is 2.08. The van der Waals surface area contributed by atoms with Gasteiger partial charge in [-0.15, -0.1) is 0 Å². The summed E-state index contributed by atoms with van der Waals surface area (Å²) in [4.78, 5) is 4.24. The Morgan fingerprint density at radius 1 is 1.33 bits per heavy atom. The Morgan fingerprint density at radius 2 is 2.13 bits per heavy atom. The van der Waals surface area contributed by atoms with Gasteiger partial charge >= 0.3 is 102 Å². The van der Waals surface area contributed by atoms with Crippen molar-refractivity contribution in [3.05, 3.63) is 22.4 Å². The first-order valence-electron chi connectivity index (χ1n) is 5.72. The molecule has 3 rings (SSSR count). The molecule has 3 heterocycles. The van der Waals surface area contributed by atoms with E-state index < -0.39 is 0 Å². The van der Waals surface area contributed by atoms with E-state index in [1.165, 1.54) is 26.1 Å². The number of rotatable bonds is 2. The van der Waals surface area contributed by atoms with E-state index in [0.29, 0.717) is 0 Å². The number of piperidine rings is 1. The fourth-order valence-electron chi connectivity index (χ4n) is 2.82. The third-order valence-electron chi connectivity index (χ3n) is 3.37. The molecule has 2 fully saturated rings. The van der Waals surface area contributed by atoms with Crippen molar-refractivity contribution in [1.29, 1.82) is 0 Å². The minimum absolute atomic E-state index is 0.975. The molecule has 2 aliphatic heterocycles. The molecule has 1 aromatic rings. The Kier molecular flexibility index (Phi) is 3.16. The molecule has 2 bridgehead atoms. The van der Waals surface area contributed by atoms with E-state index in [4.69, 9.17) is 0 Å². The van der Waals surface area contributed by atoms with Crippen LogP contribution in [-0.2, 0) is 6.54 Å². The number of thiophene rings is 1. The molecule has 82 valence electrons. The molecular formula is C12H17NSSe. The van der Waals surface area contributed by atoms with Gasteiger partial charge in [0.05, 0.1) is 0 Å². The molecule has 0 aliphatic carbocycles. The van der Waals surface area contributed by atoms with Crippen LogP contribution in [0.4, 0.5) is 0 Å².